The lowest BCUT2D eigenvalue weighted by molar-refractivity contribution is 0.342. The van der Waals surface area contributed by atoms with Crippen molar-refractivity contribution in [2.75, 3.05) is 16.6 Å². The van der Waals surface area contributed by atoms with E-state index in [-0.39, 0.29) is 4.90 Å². The van der Waals surface area contributed by atoms with Crippen LogP contribution < -0.4 is 14.8 Å². The van der Waals surface area contributed by atoms with Gasteiger partial charge in [-0.2, -0.15) is 0 Å². The maximum atomic E-state index is 12.6. The molecule has 0 amide bonds. The predicted octanol–water partition coefficient (Wildman–Crippen LogP) is 4.94. The van der Waals surface area contributed by atoms with E-state index in [9.17, 15) is 8.42 Å². The Morgan fingerprint density at radius 2 is 1.48 bits per heavy atom. The van der Waals surface area contributed by atoms with E-state index in [4.69, 9.17) is 4.74 Å². The van der Waals surface area contributed by atoms with Crippen molar-refractivity contribution in [2.45, 2.75) is 18.7 Å². The van der Waals surface area contributed by atoms with Crippen molar-refractivity contribution in [3.8, 4) is 5.75 Å². The van der Waals surface area contributed by atoms with Gasteiger partial charge in [0, 0.05) is 11.4 Å². The number of nitrogens with one attached hydrogen (secondary N) is 2. The van der Waals surface area contributed by atoms with Gasteiger partial charge in [-0.3, -0.25) is 4.72 Å². The number of rotatable bonds is 7. The number of benzene rings is 3. The van der Waals surface area contributed by atoms with E-state index >= 15 is 0 Å². The monoisotopic (exact) mass is 382 g/mol. The molecule has 0 heterocycles. The zero-order valence-corrected chi connectivity index (χ0v) is 16.1. The molecule has 0 radical (unpaired) electrons. The Kier molecular flexibility index (Phi) is 5.66. The van der Waals surface area contributed by atoms with Crippen LogP contribution in [0.4, 0.5) is 17.1 Å². The number of sulfonamides is 1. The Hall–Kier alpha value is -2.99. The summed E-state index contributed by atoms with van der Waals surface area (Å²) < 4.78 is 33.4. The number of anilines is 3. The maximum Gasteiger partial charge on any atom is 0.262 e. The summed E-state index contributed by atoms with van der Waals surface area (Å²) in [5.41, 5.74) is 2.89. The van der Waals surface area contributed by atoms with Crippen LogP contribution in [-0.4, -0.2) is 15.0 Å². The molecule has 0 bridgehead atoms. The fraction of sp³-hybridized carbons (Fsp3) is 0.143. The molecule has 0 saturated heterocycles. The van der Waals surface area contributed by atoms with Gasteiger partial charge in [0.2, 0.25) is 0 Å². The van der Waals surface area contributed by atoms with Crippen LogP contribution in [0.5, 0.6) is 5.75 Å². The van der Waals surface area contributed by atoms with E-state index in [1.54, 1.807) is 37.3 Å². The molecule has 3 rings (SSSR count). The largest absolute Gasteiger partial charge is 0.492 e. The van der Waals surface area contributed by atoms with Gasteiger partial charge in [-0.1, -0.05) is 30.3 Å². The van der Waals surface area contributed by atoms with E-state index in [2.05, 4.69) is 10.0 Å². The molecule has 0 aliphatic carbocycles. The third-order valence-corrected chi connectivity index (χ3v) is 5.53. The third-order valence-electron chi connectivity index (χ3n) is 3.99. The molecule has 0 aromatic heterocycles. The zero-order valence-electron chi connectivity index (χ0n) is 15.3. The van der Waals surface area contributed by atoms with Crippen LogP contribution in [0.15, 0.2) is 77.7 Å². The number of hydrogen-bond donors (Lipinski definition) is 2. The van der Waals surface area contributed by atoms with Gasteiger partial charge in [0.15, 0.2) is 0 Å². The van der Waals surface area contributed by atoms with Crippen LogP contribution in [0.1, 0.15) is 12.5 Å². The van der Waals surface area contributed by atoms with Gasteiger partial charge in [-0.05, 0) is 61.9 Å². The zero-order chi connectivity index (χ0) is 19.3. The maximum absolute atomic E-state index is 12.6. The number of ether oxygens (including phenoxy) is 1. The van der Waals surface area contributed by atoms with Gasteiger partial charge in [0.05, 0.1) is 17.2 Å². The Morgan fingerprint density at radius 3 is 2.19 bits per heavy atom. The topological polar surface area (TPSA) is 67.4 Å². The summed E-state index contributed by atoms with van der Waals surface area (Å²) in [6.07, 6.45) is 0. The molecule has 0 unspecified atom stereocenters. The molecule has 5 nitrogen and oxygen atoms in total. The highest BCUT2D eigenvalue weighted by Gasteiger charge is 2.16. The smallest absolute Gasteiger partial charge is 0.262 e. The second kappa shape index (κ2) is 8.14. The fourth-order valence-electron chi connectivity index (χ4n) is 2.70. The highest BCUT2D eigenvalue weighted by Crippen LogP contribution is 2.28. The average molecular weight is 382 g/mol. The Balaban J connectivity index is 1.76. The van der Waals surface area contributed by atoms with Gasteiger partial charge in [-0.25, -0.2) is 8.42 Å². The molecule has 3 aromatic carbocycles. The van der Waals surface area contributed by atoms with Crippen molar-refractivity contribution >= 4 is 27.1 Å². The first-order valence-corrected chi connectivity index (χ1v) is 10.2. The SMILES string of the molecule is CCOc1ccccc1Nc1ccc(NS(=O)(=O)c2ccccc2C)cc1. The second-order valence-electron chi connectivity index (χ2n) is 6.00. The van der Waals surface area contributed by atoms with Crippen molar-refractivity contribution in [1.82, 2.24) is 0 Å². The fourth-order valence-corrected chi connectivity index (χ4v) is 4.00. The van der Waals surface area contributed by atoms with Gasteiger partial charge in [-0.15, -0.1) is 0 Å². The molecule has 3 aromatic rings. The van der Waals surface area contributed by atoms with Crippen LogP contribution in [0.2, 0.25) is 0 Å². The summed E-state index contributed by atoms with van der Waals surface area (Å²) in [4.78, 5) is 0.276. The van der Waals surface area contributed by atoms with Gasteiger partial charge in [0.25, 0.3) is 10.0 Å². The van der Waals surface area contributed by atoms with Crippen LogP contribution in [0.25, 0.3) is 0 Å². The lowest BCUT2D eigenvalue weighted by Crippen LogP contribution is -2.14. The summed E-state index contributed by atoms with van der Waals surface area (Å²) >= 11 is 0. The van der Waals surface area contributed by atoms with Crippen LogP contribution in [-0.2, 0) is 10.0 Å². The number of hydrogen-bond acceptors (Lipinski definition) is 4. The second-order valence-corrected chi connectivity index (χ2v) is 7.65. The van der Waals surface area contributed by atoms with E-state index in [0.29, 0.717) is 17.9 Å². The van der Waals surface area contributed by atoms with Crippen LogP contribution in [0.3, 0.4) is 0 Å². The van der Waals surface area contributed by atoms with Crippen molar-refractivity contribution in [3.63, 3.8) is 0 Å². The summed E-state index contributed by atoms with van der Waals surface area (Å²) in [7, 11) is -3.62. The summed E-state index contributed by atoms with van der Waals surface area (Å²) in [5, 5.41) is 3.29. The highest BCUT2D eigenvalue weighted by molar-refractivity contribution is 7.92. The Morgan fingerprint density at radius 1 is 0.852 bits per heavy atom. The lowest BCUT2D eigenvalue weighted by Gasteiger charge is -2.13. The van der Waals surface area contributed by atoms with Crippen molar-refractivity contribution < 1.29 is 13.2 Å². The van der Waals surface area contributed by atoms with E-state index < -0.39 is 10.0 Å². The minimum Gasteiger partial charge on any atom is -0.492 e. The molecule has 6 heteroatoms. The van der Waals surface area contributed by atoms with Crippen LogP contribution >= 0.6 is 0 Å². The van der Waals surface area contributed by atoms with E-state index in [1.807, 2.05) is 49.4 Å². The average Bonchev–Trinajstić information content (AvgIpc) is 2.65. The van der Waals surface area contributed by atoms with Crippen molar-refractivity contribution in [2.24, 2.45) is 0 Å². The molecule has 27 heavy (non-hydrogen) atoms. The number of aryl methyl sites for hydroxylation is 1. The molecule has 140 valence electrons. The molecular weight excluding hydrogens is 360 g/mol. The lowest BCUT2D eigenvalue weighted by atomic mass is 10.2. The molecule has 2 N–H and O–H groups in total. The normalized spacial score (nSPS) is 11.0. The van der Waals surface area contributed by atoms with Crippen molar-refractivity contribution in [3.05, 3.63) is 78.4 Å². The van der Waals surface area contributed by atoms with Crippen molar-refractivity contribution in [1.29, 1.82) is 0 Å². The predicted molar refractivity (Wildman–Crippen MR) is 109 cm³/mol. The van der Waals surface area contributed by atoms with E-state index in [1.165, 1.54) is 0 Å². The third kappa shape index (κ3) is 4.60. The molecule has 0 spiro atoms. The first-order chi connectivity index (χ1) is 13.0. The van der Waals surface area contributed by atoms with Crippen LogP contribution in [0, 0.1) is 6.92 Å². The molecular formula is C21H22N2O3S. The van der Waals surface area contributed by atoms with E-state index in [0.717, 1.165) is 17.1 Å². The summed E-state index contributed by atoms with van der Waals surface area (Å²) in [6.45, 7) is 4.29. The number of para-hydroxylation sites is 2. The summed E-state index contributed by atoms with van der Waals surface area (Å²) in [5.74, 6) is 0.768. The van der Waals surface area contributed by atoms with Gasteiger partial charge >= 0.3 is 0 Å². The Bertz CT molecular complexity index is 1020. The standard InChI is InChI=1S/C21H22N2O3S/c1-3-26-20-10-6-5-9-19(20)22-17-12-14-18(15-13-17)23-27(24,25)21-11-7-4-8-16(21)2/h4-15,22-23H,3H2,1-2H3. The Labute approximate surface area is 160 Å². The van der Waals surface area contributed by atoms with Gasteiger partial charge < -0.3 is 10.1 Å². The minimum absolute atomic E-state index is 0.276. The molecule has 0 aliphatic rings. The molecule has 0 fully saturated rings. The molecule has 0 aliphatic heterocycles. The van der Waals surface area contributed by atoms with Gasteiger partial charge in [0.1, 0.15) is 5.75 Å². The first kappa shape index (κ1) is 18.8. The quantitative estimate of drug-likeness (QED) is 0.607. The highest BCUT2D eigenvalue weighted by atomic mass is 32.2. The first-order valence-electron chi connectivity index (χ1n) is 8.67. The molecule has 0 saturated carbocycles. The minimum atomic E-state index is -3.62. The molecule has 0 atom stereocenters. The summed E-state index contributed by atoms with van der Waals surface area (Å²) in [6, 6.07) is 21.7.